The van der Waals surface area contributed by atoms with Crippen molar-refractivity contribution < 1.29 is 0 Å². The van der Waals surface area contributed by atoms with Crippen LogP contribution in [-0.4, -0.2) is 31.7 Å². The molecule has 0 spiro atoms. The second-order valence-corrected chi connectivity index (χ2v) is 3.16. The predicted molar refractivity (Wildman–Crippen MR) is 55.2 cm³/mol. The number of nitrogens with one attached hydrogen (secondary N) is 1. The van der Waals surface area contributed by atoms with Crippen LogP contribution < -0.4 is 5.32 Å². The third-order valence-corrected chi connectivity index (χ3v) is 2.07. The zero-order chi connectivity index (χ0) is 10.5. The minimum atomic E-state index is 0.684. The Balaban J connectivity index is 1.83. The van der Waals surface area contributed by atoms with Crippen LogP contribution in [-0.2, 0) is 13.5 Å². The van der Waals surface area contributed by atoms with Crippen molar-refractivity contribution in [2.75, 3.05) is 11.9 Å². The van der Waals surface area contributed by atoms with Crippen LogP contribution in [0.1, 0.15) is 5.56 Å². The maximum atomic E-state index is 3.96. The monoisotopic (exact) mass is 204 g/mol. The van der Waals surface area contributed by atoms with Gasteiger partial charge >= 0.3 is 0 Å². The molecule has 0 aliphatic heterocycles. The van der Waals surface area contributed by atoms with Crippen molar-refractivity contribution in [1.29, 1.82) is 0 Å². The number of nitrogens with zero attached hydrogens (tertiary/aromatic N) is 5. The predicted octanol–water partition coefficient (Wildman–Crippen LogP) is 0.260. The van der Waals surface area contributed by atoms with Crippen LogP contribution in [0.3, 0.4) is 0 Å². The molecule has 0 atom stereocenters. The molecule has 0 amide bonds. The summed E-state index contributed by atoms with van der Waals surface area (Å²) in [4.78, 5) is 3.96. The number of rotatable bonds is 4. The Hall–Kier alpha value is -1.98. The van der Waals surface area contributed by atoms with Crippen LogP contribution in [0.2, 0.25) is 0 Å². The molecule has 0 bridgehead atoms. The average molecular weight is 204 g/mol. The first kappa shape index (κ1) is 9.57. The normalized spacial score (nSPS) is 10.2. The Labute approximate surface area is 87.3 Å². The lowest BCUT2D eigenvalue weighted by Crippen LogP contribution is -2.09. The second-order valence-electron chi connectivity index (χ2n) is 3.16. The van der Waals surface area contributed by atoms with Gasteiger partial charge in [0.2, 0.25) is 5.95 Å². The van der Waals surface area contributed by atoms with E-state index in [0.29, 0.717) is 5.95 Å². The van der Waals surface area contributed by atoms with Crippen molar-refractivity contribution >= 4 is 5.95 Å². The standard InChI is InChI=1S/C9H12N6/c1-15-9(12-13-14-15)11-7-4-8-2-5-10-6-3-8/h2-3,5-6H,4,7H2,1H3,(H,11,12,14). The molecular formula is C9H12N6. The summed E-state index contributed by atoms with van der Waals surface area (Å²) < 4.78 is 1.60. The van der Waals surface area contributed by atoms with Gasteiger partial charge in [-0.1, -0.05) is 5.10 Å². The molecule has 0 aliphatic carbocycles. The van der Waals surface area contributed by atoms with E-state index >= 15 is 0 Å². The number of pyridine rings is 1. The number of hydrogen-bond donors (Lipinski definition) is 1. The first-order valence-electron chi connectivity index (χ1n) is 4.71. The SMILES string of the molecule is Cn1nnnc1NCCc1ccncc1. The molecule has 0 unspecified atom stereocenters. The molecular weight excluding hydrogens is 192 g/mol. The first-order chi connectivity index (χ1) is 7.36. The number of anilines is 1. The van der Waals surface area contributed by atoms with Gasteiger partial charge < -0.3 is 5.32 Å². The average Bonchev–Trinajstić information content (AvgIpc) is 2.66. The zero-order valence-corrected chi connectivity index (χ0v) is 8.46. The third-order valence-electron chi connectivity index (χ3n) is 2.07. The van der Waals surface area contributed by atoms with Crippen molar-refractivity contribution in [3.63, 3.8) is 0 Å². The molecule has 6 nitrogen and oxygen atoms in total. The Morgan fingerprint density at radius 2 is 2.13 bits per heavy atom. The summed E-state index contributed by atoms with van der Waals surface area (Å²) in [5, 5.41) is 14.2. The van der Waals surface area contributed by atoms with Gasteiger partial charge in [0.25, 0.3) is 0 Å². The van der Waals surface area contributed by atoms with Gasteiger partial charge in [-0.05, 0) is 34.5 Å². The van der Waals surface area contributed by atoms with Gasteiger partial charge in [0, 0.05) is 26.0 Å². The fourth-order valence-corrected chi connectivity index (χ4v) is 1.25. The molecule has 2 rings (SSSR count). The number of aryl methyl sites for hydroxylation is 1. The summed E-state index contributed by atoms with van der Waals surface area (Å²) in [6, 6.07) is 3.99. The maximum Gasteiger partial charge on any atom is 0.242 e. The molecule has 78 valence electrons. The van der Waals surface area contributed by atoms with E-state index in [-0.39, 0.29) is 0 Å². The summed E-state index contributed by atoms with van der Waals surface area (Å²) in [7, 11) is 1.80. The third kappa shape index (κ3) is 2.49. The molecule has 0 saturated carbocycles. The van der Waals surface area contributed by atoms with Gasteiger partial charge in [0.05, 0.1) is 0 Å². The van der Waals surface area contributed by atoms with Gasteiger partial charge in [0.1, 0.15) is 0 Å². The summed E-state index contributed by atoms with van der Waals surface area (Å²) in [6.45, 7) is 0.804. The molecule has 0 saturated heterocycles. The van der Waals surface area contributed by atoms with Crippen LogP contribution >= 0.6 is 0 Å². The minimum Gasteiger partial charge on any atom is -0.353 e. The summed E-state index contributed by atoms with van der Waals surface area (Å²) in [5.41, 5.74) is 1.24. The van der Waals surface area contributed by atoms with Crippen LogP contribution in [0.15, 0.2) is 24.5 Å². The molecule has 6 heteroatoms. The number of hydrogen-bond acceptors (Lipinski definition) is 5. The van der Waals surface area contributed by atoms with Gasteiger partial charge in [0.15, 0.2) is 0 Å². The minimum absolute atomic E-state index is 0.684. The smallest absolute Gasteiger partial charge is 0.242 e. The highest BCUT2D eigenvalue weighted by Gasteiger charge is 1.99. The van der Waals surface area contributed by atoms with E-state index in [1.165, 1.54) is 5.56 Å². The van der Waals surface area contributed by atoms with Gasteiger partial charge in [-0.2, -0.15) is 0 Å². The molecule has 2 aromatic rings. The second kappa shape index (κ2) is 4.50. The topological polar surface area (TPSA) is 68.5 Å². The molecule has 1 N–H and O–H groups in total. The van der Waals surface area contributed by atoms with E-state index in [2.05, 4.69) is 25.8 Å². The van der Waals surface area contributed by atoms with Crippen molar-refractivity contribution in [3.8, 4) is 0 Å². The highest BCUT2D eigenvalue weighted by molar-refractivity contribution is 5.22. The highest BCUT2D eigenvalue weighted by Crippen LogP contribution is 1.99. The van der Waals surface area contributed by atoms with Gasteiger partial charge in [-0.25, -0.2) is 4.68 Å². The van der Waals surface area contributed by atoms with Crippen molar-refractivity contribution in [1.82, 2.24) is 25.2 Å². The first-order valence-corrected chi connectivity index (χ1v) is 4.71. The Morgan fingerprint density at radius 3 is 2.80 bits per heavy atom. The van der Waals surface area contributed by atoms with E-state index in [0.717, 1.165) is 13.0 Å². The lowest BCUT2D eigenvalue weighted by molar-refractivity contribution is 0.712. The lowest BCUT2D eigenvalue weighted by atomic mass is 10.2. The van der Waals surface area contributed by atoms with Gasteiger partial charge in [-0.3, -0.25) is 4.98 Å². The molecule has 0 radical (unpaired) electrons. The molecule has 2 aromatic heterocycles. The van der Waals surface area contributed by atoms with Crippen molar-refractivity contribution in [2.24, 2.45) is 7.05 Å². The van der Waals surface area contributed by atoms with E-state index in [9.17, 15) is 0 Å². The number of aromatic nitrogens is 5. The fourth-order valence-electron chi connectivity index (χ4n) is 1.25. The lowest BCUT2D eigenvalue weighted by Gasteiger charge is -2.03. The zero-order valence-electron chi connectivity index (χ0n) is 8.46. The van der Waals surface area contributed by atoms with E-state index < -0.39 is 0 Å². The summed E-state index contributed by atoms with van der Waals surface area (Å²) >= 11 is 0. The van der Waals surface area contributed by atoms with E-state index in [1.807, 2.05) is 12.1 Å². The Bertz CT molecular complexity index is 410. The summed E-state index contributed by atoms with van der Waals surface area (Å²) in [6.07, 6.45) is 4.51. The van der Waals surface area contributed by atoms with Gasteiger partial charge in [-0.15, -0.1) is 0 Å². The molecule has 0 fully saturated rings. The molecule has 0 aliphatic rings. The fraction of sp³-hybridized carbons (Fsp3) is 0.333. The molecule has 2 heterocycles. The van der Waals surface area contributed by atoms with E-state index in [4.69, 9.17) is 0 Å². The maximum absolute atomic E-state index is 3.96. The Kier molecular flexibility index (Phi) is 2.87. The van der Waals surface area contributed by atoms with Crippen molar-refractivity contribution in [3.05, 3.63) is 30.1 Å². The summed E-state index contributed by atoms with van der Waals surface area (Å²) in [5.74, 6) is 0.684. The largest absolute Gasteiger partial charge is 0.353 e. The van der Waals surface area contributed by atoms with E-state index in [1.54, 1.807) is 24.1 Å². The van der Waals surface area contributed by atoms with Crippen molar-refractivity contribution in [2.45, 2.75) is 6.42 Å². The number of tetrazole rings is 1. The van der Waals surface area contributed by atoms with Crippen LogP contribution in [0, 0.1) is 0 Å². The van der Waals surface area contributed by atoms with Crippen LogP contribution in [0.4, 0.5) is 5.95 Å². The molecule has 15 heavy (non-hydrogen) atoms. The quantitative estimate of drug-likeness (QED) is 0.773. The van der Waals surface area contributed by atoms with Crippen LogP contribution in [0.5, 0.6) is 0 Å². The Morgan fingerprint density at radius 1 is 1.33 bits per heavy atom. The highest BCUT2D eigenvalue weighted by atomic mass is 15.6. The van der Waals surface area contributed by atoms with Crippen LogP contribution in [0.25, 0.3) is 0 Å². The molecule has 0 aromatic carbocycles.